The highest BCUT2D eigenvalue weighted by atomic mass is 35.5. The van der Waals surface area contributed by atoms with Crippen LogP contribution in [-0.2, 0) is 0 Å². The number of rotatable bonds is 1. The van der Waals surface area contributed by atoms with Crippen LogP contribution in [0.5, 0.6) is 0 Å². The van der Waals surface area contributed by atoms with Crippen molar-refractivity contribution < 1.29 is 4.79 Å². The second-order valence-corrected chi connectivity index (χ2v) is 3.49. The Kier molecular flexibility index (Phi) is 7.02. The smallest absolute Gasteiger partial charge is 0.313 e. The average molecular weight is 198 g/mol. The zero-order chi connectivity index (χ0) is 8.69. The molecule has 0 aromatic carbocycles. The Morgan fingerprint density at radius 1 is 1.36 bits per heavy atom. The molecule has 2 nitrogen and oxygen atoms in total. The van der Waals surface area contributed by atoms with E-state index in [4.69, 9.17) is 10.5 Å². The first-order valence-corrected chi connectivity index (χ1v) is 4.47. The lowest BCUT2D eigenvalue weighted by atomic mass is 10.1. The van der Waals surface area contributed by atoms with Gasteiger partial charge in [0.2, 0.25) is 0 Å². The lowest BCUT2D eigenvalue weighted by Crippen LogP contribution is -2.09. The Bertz CT molecular complexity index is 109. The van der Waals surface area contributed by atoms with E-state index >= 15 is 0 Å². The molecular formula is C7H13Cl2NO. The second kappa shape index (κ2) is 6.89. The van der Waals surface area contributed by atoms with Gasteiger partial charge in [-0.25, -0.2) is 0 Å². The van der Waals surface area contributed by atoms with Gasteiger partial charge in [-0.2, -0.15) is 0 Å². The van der Waals surface area contributed by atoms with Crippen molar-refractivity contribution in [1.29, 1.82) is 0 Å². The van der Waals surface area contributed by atoms with E-state index in [9.17, 15) is 0 Å². The van der Waals surface area contributed by atoms with Gasteiger partial charge < -0.3 is 5.73 Å². The molecule has 0 saturated heterocycles. The fourth-order valence-corrected chi connectivity index (χ4v) is 1.25. The normalized spacial score (nSPS) is 17.4. The van der Waals surface area contributed by atoms with Gasteiger partial charge in [0, 0.05) is 0 Å². The van der Waals surface area contributed by atoms with E-state index in [1.807, 2.05) is 0 Å². The monoisotopic (exact) mass is 197 g/mol. The molecule has 0 spiro atoms. The highest BCUT2D eigenvalue weighted by molar-refractivity contribution is 6.93. The summed E-state index contributed by atoms with van der Waals surface area (Å²) >= 11 is 8.80. The van der Waals surface area contributed by atoms with Crippen molar-refractivity contribution in [2.24, 2.45) is 11.7 Å². The topological polar surface area (TPSA) is 43.1 Å². The molecular weight excluding hydrogens is 185 g/mol. The van der Waals surface area contributed by atoms with Crippen LogP contribution in [0.3, 0.4) is 0 Å². The zero-order valence-electron chi connectivity index (χ0n) is 6.35. The van der Waals surface area contributed by atoms with Crippen molar-refractivity contribution in [2.75, 3.05) is 6.54 Å². The maximum Gasteiger partial charge on any atom is 0.313 e. The summed E-state index contributed by atoms with van der Waals surface area (Å²) in [6.45, 7) is 0.917. The molecule has 11 heavy (non-hydrogen) atoms. The predicted molar refractivity (Wildman–Crippen MR) is 48.1 cm³/mol. The van der Waals surface area contributed by atoms with Gasteiger partial charge in [-0.1, -0.05) is 12.8 Å². The number of hydrogen-bond acceptors (Lipinski definition) is 2. The van der Waals surface area contributed by atoms with Crippen LogP contribution in [0, 0.1) is 5.92 Å². The lowest BCUT2D eigenvalue weighted by molar-refractivity contribution is 0.275. The number of carbonyl (C=O) groups excluding carboxylic acids is 1. The van der Waals surface area contributed by atoms with Crippen molar-refractivity contribution in [3.05, 3.63) is 0 Å². The highest BCUT2D eigenvalue weighted by Gasteiger charge is 2.11. The first-order chi connectivity index (χ1) is 5.16. The number of nitrogens with two attached hydrogens (primary N) is 1. The molecule has 0 aromatic heterocycles. The van der Waals surface area contributed by atoms with Crippen LogP contribution in [0.15, 0.2) is 0 Å². The molecule has 1 fully saturated rings. The van der Waals surface area contributed by atoms with Crippen molar-refractivity contribution in [2.45, 2.75) is 25.7 Å². The van der Waals surface area contributed by atoms with Gasteiger partial charge in [0.05, 0.1) is 0 Å². The number of halogens is 2. The molecule has 2 N–H and O–H groups in total. The van der Waals surface area contributed by atoms with Gasteiger partial charge >= 0.3 is 4.70 Å². The van der Waals surface area contributed by atoms with Gasteiger partial charge in [-0.05, 0) is 48.5 Å². The standard InChI is InChI=1S/C6H13N.CCl2O/c7-5-6-3-1-2-4-6;2-1(3)4/h6H,1-5,7H2;. The summed E-state index contributed by atoms with van der Waals surface area (Å²) in [5.41, 5.74) is 5.43. The molecule has 0 aliphatic heterocycles. The Morgan fingerprint density at radius 2 is 1.73 bits per heavy atom. The molecule has 0 radical (unpaired) electrons. The quantitative estimate of drug-likeness (QED) is 0.658. The fraction of sp³-hybridized carbons (Fsp3) is 0.857. The van der Waals surface area contributed by atoms with E-state index in [1.54, 1.807) is 0 Å². The van der Waals surface area contributed by atoms with Crippen LogP contribution >= 0.6 is 23.2 Å². The summed E-state index contributed by atoms with van der Waals surface area (Å²) in [7, 11) is 0. The third kappa shape index (κ3) is 8.11. The fourth-order valence-electron chi connectivity index (χ4n) is 1.25. The summed E-state index contributed by atoms with van der Waals surface area (Å²) in [6, 6.07) is 0. The molecule has 0 aromatic rings. The minimum Gasteiger partial charge on any atom is -0.330 e. The van der Waals surface area contributed by atoms with Gasteiger partial charge in [0.1, 0.15) is 0 Å². The summed E-state index contributed by atoms with van der Waals surface area (Å²) in [6.07, 6.45) is 5.61. The second-order valence-electron chi connectivity index (χ2n) is 2.61. The van der Waals surface area contributed by atoms with Crippen molar-refractivity contribution in [3.63, 3.8) is 0 Å². The molecule has 4 heteroatoms. The molecule has 1 rings (SSSR count). The largest absolute Gasteiger partial charge is 0.330 e. The molecule has 1 aliphatic rings. The van der Waals surface area contributed by atoms with Crippen molar-refractivity contribution >= 4 is 27.9 Å². The first kappa shape index (κ1) is 11.2. The summed E-state index contributed by atoms with van der Waals surface area (Å²) in [4.78, 5) is 8.98. The maximum atomic E-state index is 8.98. The molecule has 0 atom stereocenters. The first-order valence-electron chi connectivity index (χ1n) is 3.72. The van der Waals surface area contributed by atoms with Crippen molar-refractivity contribution in [3.8, 4) is 0 Å². The maximum absolute atomic E-state index is 8.98. The van der Waals surface area contributed by atoms with Crippen LogP contribution in [0.4, 0.5) is 4.79 Å². The zero-order valence-corrected chi connectivity index (χ0v) is 7.87. The predicted octanol–water partition coefficient (Wildman–Crippen LogP) is 2.72. The lowest BCUT2D eigenvalue weighted by Gasteiger charge is -1.99. The van der Waals surface area contributed by atoms with Crippen LogP contribution in [0.25, 0.3) is 0 Å². The molecule has 0 unspecified atom stereocenters. The van der Waals surface area contributed by atoms with E-state index in [0.29, 0.717) is 0 Å². The summed E-state index contributed by atoms with van der Waals surface area (Å²) in [5.74, 6) is 0.875. The summed E-state index contributed by atoms with van der Waals surface area (Å²) < 4.78 is -0.889. The van der Waals surface area contributed by atoms with E-state index in [0.717, 1.165) is 12.5 Å². The van der Waals surface area contributed by atoms with Crippen LogP contribution < -0.4 is 5.73 Å². The number of hydrogen-bond donors (Lipinski definition) is 1. The molecule has 66 valence electrons. The highest BCUT2D eigenvalue weighted by Crippen LogP contribution is 2.22. The van der Waals surface area contributed by atoms with Crippen LogP contribution in [0.2, 0.25) is 0 Å². The Hall–Kier alpha value is 0.210. The molecule has 0 bridgehead atoms. The van der Waals surface area contributed by atoms with Gasteiger partial charge in [0.15, 0.2) is 0 Å². The average Bonchev–Trinajstić information content (AvgIpc) is 2.36. The molecule has 1 aliphatic carbocycles. The van der Waals surface area contributed by atoms with Gasteiger partial charge in [-0.15, -0.1) is 0 Å². The third-order valence-corrected chi connectivity index (χ3v) is 1.81. The van der Waals surface area contributed by atoms with Gasteiger partial charge in [-0.3, -0.25) is 4.79 Å². The Morgan fingerprint density at radius 3 is 1.91 bits per heavy atom. The SMILES string of the molecule is NCC1CCCC1.O=C(Cl)Cl. The van der Waals surface area contributed by atoms with E-state index in [2.05, 4.69) is 23.2 Å². The van der Waals surface area contributed by atoms with E-state index in [1.165, 1.54) is 25.7 Å². The summed E-state index contributed by atoms with van der Waals surface area (Å²) in [5, 5.41) is 0. The van der Waals surface area contributed by atoms with E-state index < -0.39 is 4.70 Å². The molecule has 0 heterocycles. The third-order valence-electron chi connectivity index (χ3n) is 1.81. The number of carbonyl (C=O) groups is 1. The van der Waals surface area contributed by atoms with Crippen LogP contribution in [0.1, 0.15) is 25.7 Å². The Labute approximate surface area is 77.0 Å². The minimum absolute atomic E-state index is 0.875. The van der Waals surface area contributed by atoms with Crippen LogP contribution in [-0.4, -0.2) is 11.2 Å². The van der Waals surface area contributed by atoms with E-state index in [-0.39, 0.29) is 0 Å². The molecule has 1 saturated carbocycles. The molecule has 0 amide bonds. The Balaban J connectivity index is 0.000000218. The minimum atomic E-state index is -0.889. The van der Waals surface area contributed by atoms with Crippen molar-refractivity contribution in [1.82, 2.24) is 0 Å². The van der Waals surface area contributed by atoms with Gasteiger partial charge in [0.25, 0.3) is 0 Å².